The quantitative estimate of drug-likeness (QED) is 0.119. The fourth-order valence-corrected chi connectivity index (χ4v) is 5.07. The van der Waals surface area contributed by atoms with E-state index in [0.717, 1.165) is 40.7 Å². The summed E-state index contributed by atoms with van der Waals surface area (Å²) in [6, 6.07) is 23.9. The summed E-state index contributed by atoms with van der Waals surface area (Å²) in [5.74, 6) is -0.947. The minimum Gasteiger partial charge on any atom is -0.459 e. The van der Waals surface area contributed by atoms with Crippen molar-refractivity contribution in [2.75, 3.05) is 19.7 Å². The molecule has 0 spiro atoms. The molecule has 0 heterocycles. The minimum absolute atomic E-state index is 0.0738. The molecule has 0 saturated heterocycles. The molecule has 4 rings (SSSR count). The van der Waals surface area contributed by atoms with Crippen LogP contribution in [-0.4, -0.2) is 49.7 Å². The Labute approximate surface area is 252 Å². The Morgan fingerprint density at radius 3 is 2.16 bits per heavy atom. The molecular weight excluding hydrogens is 544 g/mol. The summed E-state index contributed by atoms with van der Waals surface area (Å²) in [5, 5.41) is 5.42. The van der Waals surface area contributed by atoms with Gasteiger partial charge in [-0.25, -0.2) is 9.59 Å². The van der Waals surface area contributed by atoms with Crippen LogP contribution in [0.25, 0.3) is 11.1 Å². The molecule has 3 aromatic carbocycles. The van der Waals surface area contributed by atoms with Crippen molar-refractivity contribution in [3.63, 3.8) is 0 Å². The van der Waals surface area contributed by atoms with Crippen molar-refractivity contribution in [2.24, 2.45) is 11.5 Å². The van der Waals surface area contributed by atoms with Gasteiger partial charge in [0.15, 0.2) is 0 Å². The number of rotatable bonds is 15. The average molecular weight is 585 g/mol. The molecule has 9 nitrogen and oxygen atoms in total. The molecule has 6 N–H and O–H groups in total. The van der Waals surface area contributed by atoms with Crippen molar-refractivity contribution >= 4 is 18.0 Å². The van der Waals surface area contributed by atoms with Gasteiger partial charge in [0.1, 0.15) is 19.3 Å². The molecule has 1 aliphatic rings. The van der Waals surface area contributed by atoms with Crippen molar-refractivity contribution < 1.29 is 23.9 Å². The van der Waals surface area contributed by atoms with Gasteiger partial charge < -0.3 is 31.6 Å². The number of nitrogens with one attached hydrogen (secondary N) is 2. The topological polar surface area (TPSA) is 146 Å². The minimum atomic E-state index is -0.982. The Kier molecular flexibility index (Phi) is 11.9. The third kappa shape index (κ3) is 9.01. The number of ether oxygens (including phenoxy) is 2. The third-order valence-corrected chi connectivity index (χ3v) is 7.38. The van der Waals surface area contributed by atoms with Crippen molar-refractivity contribution in [1.82, 2.24) is 10.6 Å². The number of benzene rings is 3. The Morgan fingerprint density at radius 2 is 1.49 bits per heavy atom. The number of carbonyl (C=O) groups is 3. The van der Waals surface area contributed by atoms with Gasteiger partial charge in [-0.1, -0.05) is 97.4 Å². The highest BCUT2D eigenvalue weighted by Gasteiger charge is 2.30. The van der Waals surface area contributed by atoms with Gasteiger partial charge >= 0.3 is 12.1 Å². The van der Waals surface area contributed by atoms with Gasteiger partial charge in [-0.2, -0.15) is 0 Å². The van der Waals surface area contributed by atoms with E-state index in [2.05, 4.69) is 22.8 Å². The predicted octanol–water partition coefficient (Wildman–Crippen LogP) is 4.16. The molecule has 9 heteroatoms. The van der Waals surface area contributed by atoms with Gasteiger partial charge in [0, 0.05) is 12.5 Å². The summed E-state index contributed by atoms with van der Waals surface area (Å²) in [4.78, 5) is 38.1. The maximum atomic E-state index is 13.0. The first-order valence-electron chi connectivity index (χ1n) is 14.7. The lowest BCUT2D eigenvalue weighted by Crippen LogP contribution is -2.42. The van der Waals surface area contributed by atoms with E-state index in [4.69, 9.17) is 20.9 Å². The van der Waals surface area contributed by atoms with E-state index in [1.54, 1.807) is 12.2 Å². The first-order chi connectivity index (χ1) is 21.0. The summed E-state index contributed by atoms with van der Waals surface area (Å²) in [7, 11) is 0. The van der Waals surface area contributed by atoms with Crippen LogP contribution in [0, 0.1) is 0 Å². The van der Waals surface area contributed by atoms with Crippen LogP contribution in [-0.2, 0) is 25.7 Å². The van der Waals surface area contributed by atoms with Crippen LogP contribution in [0.3, 0.4) is 0 Å². The van der Waals surface area contributed by atoms with E-state index < -0.39 is 24.1 Å². The molecule has 43 heavy (non-hydrogen) atoms. The molecule has 2 atom stereocenters. The SMILES string of the molecule is NCCCC[C@H](N)C(=O)NC/C=C/C[C@H](NC(=O)OCC1c2ccccc2-c2ccccc21)C(=O)OCc1ccccc1. The fourth-order valence-electron chi connectivity index (χ4n) is 5.07. The van der Waals surface area contributed by atoms with E-state index >= 15 is 0 Å². The number of amides is 2. The smallest absolute Gasteiger partial charge is 0.407 e. The summed E-state index contributed by atoms with van der Waals surface area (Å²) in [5.41, 5.74) is 16.7. The van der Waals surface area contributed by atoms with Gasteiger partial charge in [0.05, 0.1) is 6.04 Å². The van der Waals surface area contributed by atoms with Crippen LogP contribution in [0.15, 0.2) is 91.0 Å². The normalized spacial score (nSPS) is 13.5. The molecule has 226 valence electrons. The third-order valence-electron chi connectivity index (χ3n) is 7.38. The lowest BCUT2D eigenvalue weighted by Gasteiger charge is -2.18. The molecule has 2 amide bonds. The highest BCUT2D eigenvalue weighted by molar-refractivity contribution is 5.82. The number of hydrogen-bond acceptors (Lipinski definition) is 7. The lowest BCUT2D eigenvalue weighted by atomic mass is 9.98. The van der Waals surface area contributed by atoms with Gasteiger partial charge in [-0.15, -0.1) is 0 Å². The zero-order valence-corrected chi connectivity index (χ0v) is 24.2. The van der Waals surface area contributed by atoms with Crippen LogP contribution in [0.2, 0.25) is 0 Å². The molecule has 0 aliphatic heterocycles. The molecule has 0 unspecified atom stereocenters. The second-order valence-corrected chi connectivity index (χ2v) is 10.5. The summed E-state index contributed by atoms with van der Waals surface area (Å²) in [6.07, 6.45) is 5.02. The number of alkyl carbamates (subject to hydrolysis) is 1. The zero-order valence-electron chi connectivity index (χ0n) is 24.2. The number of carbonyl (C=O) groups excluding carboxylic acids is 3. The number of nitrogens with two attached hydrogens (primary N) is 2. The molecule has 0 saturated carbocycles. The molecule has 3 aromatic rings. The summed E-state index contributed by atoms with van der Waals surface area (Å²) < 4.78 is 11.1. The largest absolute Gasteiger partial charge is 0.459 e. The van der Waals surface area contributed by atoms with Crippen molar-refractivity contribution in [3.05, 3.63) is 108 Å². The molecule has 0 aromatic heterocycles. The highest BCUT2D eigenvalue weighted by atomic mass is 16.6. The monoisotopic (exact) mass is 584 g/mol. The maximum Gasteiger partial charge on any atom is 0.407 e. The Hall–Kier alpha value is -4.47. The van der Waals surface area contributed by atoms with Gasteiger partial charge in [-0.3, -0.25) is 4.79 Å². The van der Waals surface area contributed by atoms with Crippen LogP contribution in [0.5, 0.6) is 0 Å². The first kappa shape index (κ1) is 31.5. The lowest BCUT2D eigenvalue weighted by molar-refractivity contribution is -0.147. The molecular formula is C34H40N4O5. The van der Waals surface area contributed by atoms with E-state index in [1.807, 2.05) is 66.7 Å². The van der Waals surface area contributed by atoms with Crippen LogP contribution >= 0.6 is 0 Å². The van der Waals surface area contributed by atoms with E-state index in [9.17, 15) is 14.4 Å². The Balaban J connectivity index is 1.33. The van der Waals surface area contributed by atoms with Crippen molar-refractivity contribution in [2.45, 2.75) is 50.3 Å². The van der Waals surface area contributed by atoms with E-state index in [0.29, 0.717) is 13.0 Å². The molecule has 1 aliphatic carbocycles. The van der Waals surface area contributed by atoms with Crippen LogP contribution in [0.1, 0.15) is 48.3 Å². The van der Waals surface area contributed by atoms with E-state index in [-0.39, 0.29) is 38.0 Å². The van der Waals surface area contributed by atoms with Gasteiger partial charge in [-0.05, 0) is 53.6 Å². The Morgan fingerprint density at radius 1 is 0.837 bits per heavy atom. The van der Waals surface area contributed by atoms with Crippen LogP contribution < -0.4 is 22.1 Å². The van der Waals surface area contributed by atoms with Crippen molar-refractivity contribution in [1.29, 1.82) is 0 Å². The average Bonchev–Trinajstić information content (AvgIpc) is 3.35. The number of esters is 1. The second kappa shape index (κ2) is 16.2. The maximum absolute atomic E-state index is 13.0. The van der Waals surface area contributed by atoms with Crippen molar-refractivity contribution in [3.8, 4) is 11.1 Å². The second-order valence-electron chi connectivity index (χ2n) is 10.5. The molecule has 0 bridgehead atoms. The van der Waals surface area contributed by atoms with Crippen LogP contribution in [0.4, 0.5) is 4.79 Å². The standard InChI is InChI=1S/C34H40N4O5/c35-20-10-8-18-30(36)32(39)37-21-11-9-19-31(33(40)42-22-24-12-2-1-3-13-24)38-34(41)43-23-29-27-16-6-4-14-25(27)26-15-5-7-17-28(26)29/h1-7,9,11-17,29-31H,8,10,18-23,35-36H2,(H,37,39)(H,38,41)/b11-9+/t30-,31-/m0/s1. The number of unbranched alkanes of at least 4 members (excludes halogenated alkanes) is 1. The molecule has 0 radical (unpaired) electrons. The van der Waals surface area contributed by atoms with Gasteiger partial charge in [0.25, 0.3) is 0 Å². The summed E-state index contributed by atoms with van der Waals surface area (Å²) in [6.45, 7) is 1.000. The Bertz CT molecular complexity index is 1350. The fraction of sp³-hybridized carbons (Fsp3) is 0.324. The highest BCUT2D eigenvalue weighted by Crippen LogP contribution is 2.44. The summed E-state index contributed by atoms with van der Waals surface area (Å²) >= 11 is 0. The molecule has 0 fully saturated rings. The number of hydrogen-bond donors (Lipinski definition) is 4. The number of fused-ring (bicyclic) bond motifs is 3. The zero-order chi connectivity index (χ0) is 30.4. The van der Waals surface area contributed by atoms with E-state index in [1.165, 1.54) is 0 Å². The first-order valence-corrected chi connectivity index (χ1v) is 14.7. The predicted molar refractivity (Wildman–Crippen MR) is 166 cm³/mol. The van der Waals surface area contributed by atoms with Gasteiger partial charge in [0.2, 0.25) is 5.91 Å².